The van der Waals surface area contributed by atoms with Gasteiger partial charge in [-0.1, -0.05) is 23.7 Å². The van der Waals surface area contributed by atoms with Crippen LogP contribution in [0.5, 0.6) is 11.5 Å². The van der Waals surface area contributed by atoms with Crippen LogP contribution in [-0.2, 0) is 12.6 Å². The molecule has 0 saturated heterocycles. The Morgan fingerprint density at radius 1 is 1.26 bits per heavy atom. The molecular formula is C15H11ClKNO3S2. The quantitative estimate of drug-likeness (QED) is 0.147. The van der Waals surface area contributed by atoms with E-state index in [2.05, 4.69) is 0 Å². The summed E-state index contributed by atoms with van der Waals surface area (Å²) in [6.45, 7) is 0. The molecule has 2 rings (SSSR count). The zero-order chi connectivity index (χ0) is 16.1. The molecule has 0 fully saturated rings. The maximum atomic E-state index is 12.2. The molecule has 0 heterocycles. The van der Waals surface area contributed by atoms with E-state index in [1.165, 1.54) is 13.3 Å². The Morgan fingerprint density at radius 2 is 1.96 bits per heavy atom. The monoisotopic (exact) mass is 391 g/mol. The molecule has 0 aliphatic heterocycles. The Kier molecular flexibility index (Phi) is 8.95. The molecule has 114 valence electrons. The molecule has 0 unspecified atom stereocenters. The first-order chi connectivity index (χ1) is 10.5. The van der Waals surface area contributed by atoms with Gasteiger partial charge in [0.05, 0.1) is 7.11 Å². The van der Waals surface area contributed by atoms with E-state index < -0.39 is 0 Å². The second kappa shape index (κ2) is 9.90. The van der Waals surface area contributed by atoms with Crippen molar-refractivity contribution in [1.29, 1.82) is 0 Å². The van der Waals surface area contributed by atoms with Gasteiger partial charge in [-0.2, -0.15) is 4.74 Å². The normalized spacial score (nSPS) is 10.6. The fourth-order valence-corrected chi connectivity index (χ4v) is 2.17. The van der Waals surface area contributed by atoms with Gasteiger partial charge in [-0.05, 0) is 24.3 Å². The molecule has 0 N–H and O–H groups in total. The third-order valence-electron chi connectivity index (χ3n) is 2.74. The topological polar surface area (TPSA) is 44.5 Å². The van der Waals surface area contributed by atoms with Crippen LogP contribution >= 0.6 is 23.8 Å². The molecule has 2 aromatic carbocycles. The van der Waals surface area contributed by atoms with Gasteiger partial charge in [0.25, 0.3) is 0 Å². The number of nitrogens with zero attached hydrogens (tertiary/aromatic N) is 1. The number of thiocarbonyl (C=S) groups is 1. The van der Waals surface area contributed by atoms with Crippen molar-refractivity contribution >= 4 is 52.7 Å². The van der Waals surface area contributed by atoms with Gasteiger partial charge in [-0.25, -0.2) is 0 Å². The summed E-state index contributed by atoms with van der Waals surface area (Å²) in [4.78, 5) is 0. The summed E-state index contributed by atoms with van der Waals surface area (Å²) in [6, 6.07) is 11.7. The molecule has 2 aromatic rings. The summed E-state index contributed by atoms with van der Waals surface area (Å²) in [6.07, 6.45) is 1.39. The number of rotatable bonds is 4. The van der Waals surface area contributed by atoms with Crippen LogP contribution in [-0.4, -0.2) is 22.4 Å². The van der Waals surface area contributed by atoms with E-state index in [0.717, 1.165) is 0 Å². The summed E-state index contributed by atoms with van der Waals surface area (Å²) in [7, 11) is 1.49. The molecule has 0 spiro atoms. The number of ether oxygens (including phenoxy) is 2. The van der Waals surface area contributed by atoms with Crippen molar-refractivity contribution in [3.63, 3.8) is 0 Å². The fourth-order valence-electron chi connectivity index (χ4n) is 1.77. The Balaban J connectivity index is 0.00000264. The molecule has 0 amide bonds. The summed E-state index contributed by atoms with van der Waals surface area (Å²) in [5, 5.41) is 12.5. The van der Waals surface area contributed by atoms with Gasteiger partial charge in [0, 0.05) is 16.0 Å². The molecule has 0 aromatic heterocycles. The van der Waals surface area contributed by atoms with Crippen LogP contribution in [0.25, 0.3) is 0 Å². The van der Waals surface area contributed by atoms with Crippen LogP contribution < -0.4 is 60.9 Å². The summed E-state index contributed by atoms with van der Waals surface area (Å²) >= 11 is 15.4. The van der Waals surface area contributed by atoms with E-state index in [1.54, 1.807) is 42.5 Å². The molecule has 0 radical (unpaired) electrons. The van der Waals surface area contributed by atoms with Crippen molar-refractivity contribution in [2.45, 2.75) is 0 Å². The Hall–Kier alpha value is -0.254. The van der Waals surface area contributed by atoms with E-state index in [-0.39, 0.29) is 55.8 Å². The number of hydrogen-bond donors (Lipinski definition) is 0. The van der Waals surface area contributed by atoms with Crippen LogP contribution in [0.4, 0.5) is 5.69 Å². The van der Waals surface area contributed by atoms with E-state index in [0.29, 0.717) is 32.5 Å². The zero-order valence-electron chi connectivity index (χ0n) is 12.5. The Labute approximate surface area is 192 Å². The van der Waals surface area contributed by atoms with Gasteiger partial charge in [0.15, 0.2) is 17.7 Å². The average molecular weight is 392 g/mol. The van der Waals surface area contributed by atoms with Crippen molar-refractivity contribution in [1.82, 2.24) is 0 Å². The third kappa shape index (κ3) is 5.95. The van der Waals surface area contributed by atoms with Gasteiger partial charge in [-0.15, -0.1) is 0 Å². The minimum Gasteiger partial charge on any atom is -0.618 e. The molecule has 0 bridgehead atoms. The van der Waals surface area contributed by atoms with Gasteiger partial charge in [0.2, 0.25) is 5.69 Å². The first-order valence-corrected chi connectivity index (χ1v) is 7.33. The Bertz CT molecular complexity index is 740. The van der Waals surface area contributed by atoms with Gasteiger partial charge >= 0.3 is 51.4 Å². The van der Waals surface area contributed by atoms with E-state index in [4.69, 9.17) is 45.9 Å². The maximum absolute atomic E-state index is 12.2. The van der Waals surface area contributed by atoms with Crippen molar-refractivity contribution in [3.8, 4) is 11.5 Å². The molecule has 0 atom stereocenters. The average Bonchev–Trinajstić information content (AvgIpc) is 2.48. The van der Waals surface area contributed by atoms with Crippen LogP contribution in [0.15, 0.2) is 42.5 Å². The van der Waals surface area contributed by atoms with E-state index in [9.17, 15) is 5.21 Å². The van der Waals surface area contributed by atoms with Crippen LogP contribution in [0, 0.1) is 5.21 Å². The number of halogens is 1. The largest absolute Gasteiger partial charge is 1.00 e. The van der Waals surface area contributed by atoms with Gasteiger partial charge in [-0.3, -0.25) is 0 Å². The van der Waals surface area contributed by atoms with Crippen LogP contribution in [0.3, 0.4) is 0 Å². The summed E-state index contributed by atoms with van der Waals surface area (Å²) in [5.41, 5.74) is 0.976. The first-order valence-electron chi connectivity index (χ1n) is 6.14. The predicted octanol–water partition coefficient (Wildman–Crippen LogP) is 0.824. The summed E-state index contributed by atoms with van der Waals surface area (Å²) in [5.74, 6) is 0.823. The summed E-state index contributed by atoms with van der Waals surface area (Å²) < 4.78 is 11.1. The van der Waals surface area contributed by atoms with E-state index >= 15 is 0 Å². The predicted molar refractivity (Wildman–Crippen MR) is 93.5 cm³/mol. The SMILES string of the molecule is COc1cc(/C=[N+](\[O-])c2ccccc2Cl)ccc1OC(=S)[S-].[K+]. The second-order valence-corrected chi connectivity index (χ2v) is 5.58. The minimum atomic E-state index is -0.0310. The maximum Gasteiger partial charge on any atom is 1.00 e. The molecule has 0 saturated carbocycles. The van der Waals surface area contributed by atoms with Crippen molar-refractivity contribution < 1.29 is 65.6 Å². The minimum absolute atomic E-state index is 0. The van der Waals surface area contributed by atoms with Crippen molar-refractivity contribution in [2.75, 3.05) is 7.11 Å². The molecule has 0 aliphatic carbocycles. The zero-order valence-corrected chi connectivity index (χ0v) is 18.0. The first kappa shape index (κ1) is 20.8. The number of methoxy groups -OCH3 is 1. The molecule has 23 heavy (non-hydrogen) atoms. The standard InChI is InChI=1S/C15H12ClNO3S2.K/c1-19-14-8-10(6-7-13(14)20-15(21)22)9-17(18)12-5-3-2-4-11(12)16;/h2-9H,1H3,(H,21,22);/q;+1/p-1/b17-9-;. The van der Waals surface area contributed by atoms with Crippen LogP contribution in [0.1, 0.15) is 5.56 Å². The smallest absolute Gasteiger partial charge is 0.618 e. The van der Waals surface area contributed by atoms with Gasteiger partial charge in [0.1, 0.15) is 5.02 Å². The van der Waals surface area contributed by atoms with Crippen molar-refractivity contribution in [3.05, 3.63) is 58.3 Å². The van der Waals surface area contributed by atoms with E-state index in [1.807, 2.05) is 0 Å². The molecule has 8 heteroatoms. The van der Waals surface area contributed by atoms with Gasteiger partial charge < -0.3 is 39.5 Å². The molecule has 4 nitrogen and oxygen atoms in total. The molecule has 0 aliphatic rings. The number of hydrogen-bond acceptors (Lipinski definition) is 5. The number of para-hydroxylation sites is 1. The van der Waals surface area contributed by atoms with Crippen LogP contribution in [0.2, 0.25) is 5.02 Å². The third-order valence-corrected chi connectivity index (χ3v) is 3.22. The Morgan fingerprint density at radius 3 is 2.57 bits per heavy atom. The van der Waals surface area contributed by atoms with Crippen molar-refractivity contribution in [2.24, 2.45) is 0 Å². The fraction of sp³-hybridized carbons (Fsp3) is 0.0667. The second-order valence-electron chi connectivity index (χ2n) is 4.17. The number of benzene rings is 2. The molecular weight excluding hydrogens is 381 g/mol.